The zero-order valence-electron chi connectivity index (χ0n) is 7.27. The third-order valence-corrected chi connectivity index (χ3v) is 3.33. The van der Waals surface area contributed by atoms with Gasteiger partial charge in [-0.1, -0.05) is 0 Å². The number of rotatable bonds is 0. The highest BCUT2D eigenvalue weighted by Gasteiger charge is 2.60. The maximum absolute atomic E-state index is 12.6. The van der Waals surface area contributed by atoms with Crippen molar-refractivity contribution >= 4 is 0 Å². The molecular weight excluding hydrogens is 181 g/mol. The van der Waals surface area contributed by atoms with Crippen molar-refractivity contribution < 1.29 is 13.2 Å². The van der Waals surface area contributed by atoms with E-state index in [4.69, 9.17) is 5.73 Å². The second-order valence-electron chi connectivity index (χ2n) is 4.09. The molecule has 2 N–H and O–H groups in total. The smallest absolute Gasteiger partial charge is 0.316 e. The van der Waals surface area contributed by atoms with Crippen molar-refractivity contribution in [3.8, 4) is 0 Å². The number of fused-ring (bicyclic) bond motifs is 3. The molecule has 5 heteroatoms. The van der Waals surface area contributed by atoms with Crippen LogP contribution in [0.1, 0.15) is 12.8 Å². The number of nitrogens with zero attached hydrogens (tertiary/aromatic N) is 1. The van der Waals surface area contributed by atoms with Gasteiger partial charge < -0.3 is 10.6 Å². The highest BCUT2D eigenvalue weighted by atomic mass is 19.4. The Morgan fingerprint density at radius 1 is 1.23 bits per heavy atom. The molecule has 3 fully saturated rings. The van der Waals surface area contributed by atoms with Gasteiger partial charge in [0.15, 0.2) is 0 Å². The molecular formula is C8H13F3N2. The maximum atomic E-state index is 12.6. The third kappa shape index (κ3) is 1.25. The van der Waals surface area contributed by atoms with Gasteiger partial charge in [-0.3, -0.25) is 0 Å². The van der Waals surface area contributed by atoms with Gasteiger partial charge >= 0.3 is 6.18 Å². The summed E-state index contributed by atoms with van der Waals surface area (Å²) in [6, 6.07) is 0. The fourth-order valence-electron chi connectivity index (χ4n) is 2.43. The Balaban J connectivity index is 2.24. The summed E-state index contributed by atoms with van der Waals surface area (Å²) >= 11 is 0. The highest BCUT2D eigenvalue weighted by Crippen LogP contribution is 2.43. The van der Waals surface area contributed by atoms with Crippen LogP contribution in [0, 0.1) is 5.92 Å². The van der Waals surface area contributed by atoms with E-state index in [2.05, 4.69) is 0 Å². The van der Waals surface area contributed by atoms with Gasteiger partial charge in [-0.15, -0.1) is 0 Å². The summed E-state index contributed by atoms with van der Waals surface area (Å²) < 4.78 is 37.9. The molecule has 3 rings (SSSR count). The lowest BCUT2D eigenvalue weighted by Gasteiger charge is -2.51. The molecule has 2 bridgehead atoms. The molecule has 3 saturated heterocycles. The molecule has 0 spiro atoms. The minimum atomic E-state index is -4.25. The summed E-state index contributed by atoms with van der Waals surface area (Å²) in [6.07, 6.45) is -3.07. The monoisotopic (exact) mass is 194 g/mol. The second-order valence-corrected chi connectivity index (χ2v) is 4.09. The molecule has 0 amide bonds. The van der Waals surface area contributed by atoms with Crippen molar-refractivity contribution in [3.63, 3.8) is 0 Å². The minimum absolute atomic E-state index is 0.0127. The van der Waals surface area contributed by atoms with Gasteiger partial charge in [0.05, 0.1) is 0 Å². The summed E-state index contributed by atoms with van der Waals surface area (Å²) in [7, 11) is 0. The van der Waals surface area contributed by atoms with Crippen molar-refractivity contribution in [2.24, 2.45) is 11.7 Å². The zero-order valence-corrected chi connectivity index (χ0v) is 7.27. The Morgan fingerprint density at radius 2 is 1.77 bits per heavy atom. The lowest BCUT2D eigenvalue weighted by molar-refractivity contribution is -0.225. The Hall–Kier alpha value is -0.290. The largest absolute Gasteiger partial charge is 0.407 e. The summed E-state index contributed by atoms with van der Waals surface area (Å²) in [4.78, 5) is 1.81. The lowest BCUT2D eigenvalue weighted by Crippen LogP contribution is -2.70. The number of hydrogen-bond acceptors (Lipinski definition) is 2. The van der Waals surface area contributed by atoms with E-state index >= 15 is 0 Å². The van der Waals surface area contributed by atoms with Crippen molar-refractivity contribution in [2.45, 2.75) is 24.6 Å². The fraction of sp³-hybridized carbons (Fsp3) is 1.00. The quantitative estimate of drug-likeness (QED) is 0.622. The van der Waals surface area contributed by atoms with Crippen LogP contribution in [0.25, 0.3) is 0 Å². The van der Waals surface area contributed by atoms with E-state index in [9.17, 15) is 13.2 Å². The van der Waals surface area contributed by atoms with Crippen molar-refractivity contribution in [1.82, 2.24) is 4.90 Å². The molecule has 3 heterocycles. The molecule has 0 aromatic carbocycles. The van der Waals surface area contributed by atoms with E-state index in [0.717, 1.165) is 13.1 Å². The van der Waals surface area contributed by atoms with Crippen LogP contribution < -0.4 is 5.73 Å². The van der Waals surface area contributed by atoms with Gasteiger partial charge in [0.25, 0.3) is 0 Å². The number of piperidine rings is 3. The number of alkyl halides is 3. The number of nitrogens with two attached hydrogens (primary N) is 1. The molecule has 3 aliphatic rings. The van der Waals surface area contributed by atoms with E-state index in [0.29, 0.717) is 12.8 Å². The predicted molar refractivity (Wildman–Crippen MR) is 42.1 cm³/mol. The van der Waals surface area contributed by atoms with Crippen LogP contribution in [0.15, 0.2) is 0 Å². The molecule has 0 aromatic rings. The molecule has 76 valence electrons. The lowest BCUT2D eigenvalue weighted by atomic mass is 9.73. The van der Waals surface area contributed by atoms with Crippen LogP contribution in [-0.2, 0) is 0 Å². The van der Waals surface area contributed by atoms with E-state index < -0.39 is 11.7 Å². The average Bonchev–Trinajstić information content (AvgIpc) is 2.04. The van der Waals surface area contributed by atoms with Gasteiger partial charge in [0.1, 0.15) is 5.54 Å². The van der Waals surface area contributed by atoms with Crippen molar-refractivity contribution in [1.29, 1.82) is 0 Å². The molecule has 0 aromatic heterocycles. The molecule has 0 saturated carbocycles. The van der Waals surface area contributed by atoms with E-state index in [1.54, 1.807) is 0 Å². The molecule has 2 nitrogen and oxygen atoms in total. The topological polar surface area (TPSA) is 29.3 Å². The standard InChI is InChI=1S/C8H13F3N2/c9-8(10,11)7(12)5-13-3-1-6(7)2-4-13/h6H,1-5,12H2/t7-/m0/s1. The second kappa shape index (κ2) is 2.60. The summed E-state index contributed by atoms with van der Waals surface area (Å²) in [5, 5.41) is 0. The van der Waals surface area contributed by atoms with Crippen LogP contribution in [0.2, 0.25) is 0 Å². The van der Waals surface area contributed by atoms with Crippen LogP contribution in [-0.4, -0.2) is 36.2 Å². The SMILES string of the molecule is N[C@@]1(C(F)(F)F)CN2CCC1CC2. The number of halogens is 3. The van der Waals surface area contributed by atoms with Crippen LogP contribution in [0.4, 0.5) is 13.2 Å². The van der Waals surface area contributed by atoms with Crippen LogP contribution >= 0.6 is 0 Å². The molecule has 0 aliphatic carbocycles. The van der Waals surface area contributed by atoms with Crippen LogP contribution in [0.3, 0.4) is 0 Å². The molecule has 1 atom stereocenters. The highest BCUT2D eigenvalue weighted by molar-refractivity contribution is 5.06. The third-order valence-electron chi connectivity index (χ3n) is 3.33. The van der Waals surface area contributed by atoms with Gasteiger partial charge in [-0.2, -0.15) is 13.2 Å². The summed E-state index contributed by atoms with van der Waals surface area (Å²) in [5.74, 6) is -0.363. The van der Waals surface area contributed by atoms with E-state index in [-0.39, 0.29) is 12.5 Å². The maximum Gasteiger partial charge on any atom is 0.407 e. The Bertz CT molecular complexity index is 208. The van der Waals surface area contributed by atoms with Gasteiger partial charge in [-0.05, 0) is 31.8 Å². The Kier molecular flexibility index (Phi) is 1.86. The van der Waals surface area contributed by atoms with Crippen LogP contribution in [0.5, 0.6) is 0 Å². The molecule has 0 unspecified atom stereocenters. The molecule has 3 aliphatic heterocycles. The number of hydrogen-bond donors (Lipinski definition) is 1. The van der Waals surface area contributed by atoms with E-state index in [1.165, 1.54) is 0 Å². The zero-order chi connectivity index (χ0) is 9.69. The first-order chi connectivity index (χ1) is 5.93. The molecule has 13 heavy (non-hydrogen) atoms. The molecule has 0 radical (unpaired) electrons. The van der Waals surface area contributed by atoms with Crippen molar-refractivity contribution in [2.75, 3.05) is 19.6 Å². The van der Waals surface area contributed by atoms with Gasteiger partial charge in [-0.25, -0.2) is 0 Å². The van der Waals surface area contributed by atoms with Gasteiger partial charge in [0.2, 0.25) is 0 Å². The minimum Gasteiger partial charge on any atom is -0.316 e. The van der Waals surface area contributed by atoms with Gasteiger partial charge in [0, 0.05) is 6.54 Å². The normalized spacial score (nSPS) is 45.2. The van der Waals surface area contributed by atoms with E-state index in [1.807, 2.05) is 4.90 Å². The first-order valence-corrected chi connectivity index (χ1v) is 4.51. The first kappa shape index (κ1) is 9.27. The Labute approximate surface area is 74.9 Å². The summed E-state index contributed by atoms with van der Waals surface area (Å²) in [5.41, 5.74) is 3.51. The predicted octanol–water partition coefficient (Wildman–Crippen LogP) is 0.972. The summed E-state index contributed by atoms with van der Waals surface area (Å²) in [6.45, 7) is 1.54. The first-order valence-electron chi connectivity index (χ1n) is 4.51. The average molecular weight is 194 g/mol. The fourth-order valence-corrected chi connectivity index (χ4v) is 2.43. The Morgan fingerprint density at radius 3 is 2.00 bits per heavy atom. The van der Waals surface area contributed by atoms with Crippen molar-refractivity contribution in [3.05, 3.63) is 0 Å².